The number of anilines is 1. The molecule has 20 heavy (non-hydrogen) atoms. The molecule has 3 rings (SSSR count). The van der Waals surface area contributed by atoms with Crippen LogP contribution in [0.1, 0.15) is 16.8 Å². The first-order valence-electron chi connectivity index (χ1n) is 6.49. The molecule has 0 aliphatic heterocycles. The number of rotatable bonds is 1. The molecular weight excluding hydrogens is 314 g/mol. The van der Waals surface area contributed by atoms with Gasteiger partial charge < -0.3 is 5.73 Å². The zero-order valence-corrected chi connectivity index (χ0v) is 13.3. The summed E-state index contributed by atoms with van der Waals surface area (Å²) < 4.78 is 3.01. The van der Waals surface area contributed by atoms with E-state index in [1.807, 2.05) is 23.5 Å². The average Bonchev–Trinajstić information content (AvgIpc) is 2.72. The van der Waals surface area contributed by atoms with Gasteiger partial charge >= 0.3 is 0 Å². The van der Waals surface area contributed by atoms with Crippen molar-refractivity contribution in [2.75, 3.05) is 5.73 Å². The summed E-state index contributed by atoms with van der Waals surface area (Å²) in [5, 5.41) is 0. The molecule has 0 fully saturated rings. The van der Waals surface area contributed by atoms with Gasteiger partial charge in [0.25, 0.3) is 0 Å². The number of aromatic nitrogens is 2. The number of halogens is 1. The SMILES string of the molecule is Cc1ccc(-c2nc3ccc(Br)c(C)n3c2N)c(C)c1. The standard InChI is InChI=1S/C16H16BrN3/c1-9-4-5-12(10(2)8-9)15-16(18)20-11(3)13(17)6-7-14(20)19-15/h4-8H,18H2,1-3H3. The van der Waals surface area contributed by atoms with Crippen LogP contribution in [0.5, 0.6) is 0 Å². The molecule has 2 N–H and O–H groups in total. The lowest BCUT2D eigenvalue weighted by molar-refractivity contribution is 1.09. The fraction of sp³-hybridized carbons (Fsp3) is 0.188. The van der Waals surface area contributed by atoms with Gasteiger partial charge in [-0.3, -0.25) is 4.40 Å². The van der Waals surface area contributed by atoms with Gasteiger partial charge in [-0.25, -0.2) is 4.98 Å². The second kappa shape index (κ2) is 4.63. The van der Waals surface area contributed by atoms with Gasteiger partial charge in [-0.1, -0.05) is 23.8 Å². The minimum atomic E-state index is 0.686. The topological polar surface area (TPSA) is 43.3 Å². The van der Waals surface area contributed by atoms with Crippen molar-refractivity contribution in [3.05, 3.63) is 51.6 Å². The number of nitrogens with zero attached hydrogens (tertiary/aromatic N) is 2. The van der Waals surface area contributed by atoms with Crippen LogP contribution in [0, 0.1) is 20.8 Å². The summed E-state index contributed by atoms with van der Waals surface area (Å²) in [5.41, 5.74) is 12.6. The molecule has 2 aromatic heterocycles. The molecule has 0 bridgehead atoms. The summed E-state index contributed by atoms with van der Waals surface area (Å²) in [6, 6.07) is 10.3. The molecule has 102 valence electrons. The van der Waals surface area contributed by atoms with Gasteiger partial charge in [0.15, 0.2) is 0 Å². The van der Waals surface area contributed by atoms with E-state index in [0.717, 1.165) is 27.1 Å². The number of pyridine rings is 1. The second-order valence-electron chi connectivity index (χ2n) is 5.12. The number of fused-ring (bicyclic) bond motifs is 1. The predicted octanol–water partition coefficient (Wildman–Crippen LogP) is 4.27. The van der Waals surface area contributed by atoms with Crippen LogP contribution < -0.4 is 5.73 Å². The van der Waals surface area contributed by atoms with Crippen LogP contribution in [0.3, 0.4) is 0 Å². The van der Waals surface area contributed by atoms with Crippen LogP contribution in [-0.2, 0) is 0 Å². The summed E-state index contributed by atoms with van der Waals surface area (Å²) in [5.74, 6) is 0.686. The highest BCUT2D eigenvalue weighted by Crippen LogP contribution is 2.31. The zero-order chi connectivity index (χ0) is 14.4. The van der Waals surface area contributed by atoms with E-state index in [-0.39, 0.29) is 0 Å². The quantitative estimate of drug-likeness (QED) is 0.724. The second-order valence-corrected chi connectivity index (χ2v) is 5.98. The number of nitrogens with two attached hydrogens (primary N) is 1. The van der Waals surface area contributed by atoms with E-state index in [1.165, 1.54) is 11.1 Å². The predicted molar refractivity (Wildman–Crippen MR) is 87.0 cm³/mol. The fourth-order valence-electron chi connectivity index (χ4n) is 2.57. The van der Waals surface area contributed by atoms with Gasteiger partial charge in [-0.15, -0.1) is 0 Å². The first kappa shape index (κ1) is 13.2. The minimum absolute atomic E-state index is 0.686. The highest BCUT2D eigenvalue weighted by Gasteiger charge is 2.15. The molecular formula is C16H16BrN3. The molecule has 0 aliphatic rings. The lowest BCUT2D eigenvalue weighted by Gasteiger charge is -2.06. The molecule has 3 nitrogen and oxygen atoms in total. The molecule has 0 saturated carbocycles. The van der Waals surface area contributed by atoms with Crippen molar-refractivity contribution >= 4 is 27.4 Å². The van der Waals surface area contributed by atoms with Crippen LogP contribution in [-0.4, -0.2) is 9.38 Å². The van der Waals surface area contributed by atoms with Crippen molar-refractivity contribution in [2.24, 2.45) is 0 Å². The summed E-state index contributed by atoms with van der Waals surface area (Å²) >= 11 is 3.54. The summed E-state index contributed by atoms with van der Waals surface area (Å²) in [6.45, 7) is 6.21. The lowest BCUT2D eigenvalue weighted by atomic mass is 10.0. The monoisotopic (exact) mass is 329 g/mol. The normalized spacial score (nSPS) is 11.2. The number of hydrogen-bond acceptors (Lipinski definition) is 2. The summed E-state index contributed by atoms with van der Waals surface area (Å²) in [6.07, 6.45) is 0. The number of imidazole rings is 1. The van der Waals surface area contributed by atoms with E-state index in [0.29, 0.717) is 5.82 Å². The Kier molecular flexibility index (Phi) is 3.05. The highest BCUT2D eigenvalue weighted by molar-refractivity contribution is 9.10. The van der Waals surface area contributed by atoms with E-state index in [2.05, 4.69) is 48.0 Å². The third-order valence-electron chi connectivity index (χ3n) is 3.64. The minimum Gasteiger partial charge on any atom is -0.383 e. The maximum Gasteiger partial charge on any atom is 0.139 e. The molecule has 1 aromatic carbocycles. The van der Waals surface area contributed by atoms with Crippen molar-refractivity contribution in [1.82, 2.24) is 9.38 Å². The van der Waals surface area contributed by atoms with Gasteiger partial charge in [0, 0.05) is 15.7 Å². The van der Waals surface area contributed by atoms with Gasteiger partial charge in [-0.2, -0.15) is 0 Å². The van der Waals surface area contributed by atoms with Gasteiger partial charge in [0.2, 0.25) is 0 Å². The van der Waals surface area contributed by atoms with Crippen molar-refractivity contribution in [3.8, 4) is 11.3 Å². The Bertz CT molecular complexity index is 818. The van der Waals surface area contributed by atoms with E-state index < -0.39 is 0 Å². The van der Waals surface area contributed by atoms with E-state index in [4.69, 9.17) is 10.7 Å². The van der Waals surface area contributed by atoms with Crippen LogP contribution in [0.4, 0.5) is 5.82 Å². The van der Waals surface area contributed by atoms with Crippen molar-refractivity contribution in [1.29, 1.82) is 0 Å². The Morgan fingerprint density at radius 1 is 1.10 bits per heavy atom. The number of benzene rings is 1. The van der Waals surface area contributed by atoms with E-state index in [9.17, 15) is 0 Å². The molecule has 3 aromatic rings. The molecule has 2 heterocycles. The smallest absolute Gasteiger partial charge is 0.139 e. The van der Waals surface area contributed by atoms with Crippen LogP contribution >= 0.6 is 15.9 Å². The Labute approximate surface area is 126 Å². The summed E-state index contributed by atoms with van der Waals surface area (Å²) in [7, 11) is 0. The molecule has 0 radical (unpaired) electrons. The number of hydrogen-bond donors (Lipinski definition) is 1. The van der Waals surface area contributed by atoms with Gasteiger partial charge in [-0.05, 0) is 54.4 Å². The maximum atomic E-state index is 6.33. The van der Waals surface area contributed by atoms with Crippen molar-refractivity contribution in [3.63, 3.8) is 0 Å². The summed E-state index contributed by atoms with van der Waals surface area (Å²) in [4.78, 5) is 4.69. The molecule has 0 amide bonds. The van der Waals surface area contributed by atoms with Gasteiger partial charge in [0.1, 0.15) is 17.2 Å². The Morgan fingerprint density at radius 3 is 2.55 bits per heavy atom. The van der Waals surface area contributed by atoms with E-state index >= 15 is 0 Å². The molecule has 0 atom stereocenters. The van der Waals surface area contributed by atoms with Crippen LogP contribution in [0.2, 0.25) is 0 Å². The number of nitrogen functional groups attached to an aromatic ring is 1. The first-order chi connectivity index (χ1) is 9.49. The molecule has 0 saturated heterocycles. The Balaban J connectivity index is 2.32. The Morgan fingerprint density at radius 2 is 1.85 bits per heavy atom. The zero-order valence-electron chi connectivity index (χ0n) is 11.7. The average molecular weight is 330 g/mol. The molecule has 0 spiro atoms. The third-order valence-corrected chi connectivity index (χ3v) is 4.47. The number of aryl methyl sites for hydroxylation is 3. The third kappa shape index (κ3) is 1.91. The maximum absolute atomic E-state index is 6.33. The van der Waals surface area contributed by atoms with Gasteiger partial charge in [0.05, 0.1) is 0 Å². The highest BCUT2D eigenvalue weighted by atomic mass is 79.9. The lowest BCUT2D eigenvalue weighted by Crippen LogP contribution is -1.98. The molecule has 0 unspecified atom stereocenters. The Hall–Kier alpha value is -1.81. The van der Waals surface area contributed by atoms with Crippen LogP contribution in [0.15, 0.2) is 34.8 Å². The largest absolute Gasteiger partial charge is 0.383 e. The first-order valence-corrected chi connectivity index (χ1v) is 7.29. The van der Waals surface area contributed by atoms with E-state index in [1.54, 1.807) is 0 Å². The molecule has 0 aliphatic carbocycles. The van der Waals surface area contributed by atoms with Crippen LogP contribution in [0.25, 0.3) is 16.9 Å². The molecule has 4 heteroatoms. The van der Waals surface area contributed by atoms with Crippen molar-refractivity contribution in [2.45, 2.75) is 20.8 Å². The fourth-order valence-corrected chi connectivity index (χ4v) is 2.88. The van der Waals surface area contributed by atoms with Crippen molar-refractivity contribution < 1.29 is 0 Å².